The zero-order valence-corrected chi connectivity index (χ0v) is 9.29. The molecule has 1 fully saturated rings. The maximum Gasteiger partial charge on any atom is 0.223 e. The summed E-state index contributed by atoms with van der Waals surface area (Å²) in [4.78, 5) is 13.3. The molecular formula is C13H14FNO. The Bertz CT molecular complexity index is 465. The Morgan fingerprint density at radius 3 is 2.75 bits per heavy atom. The monoisotopic (exact) mass is 219 g/mol. The third-order valence-corrected chi connectivity index (χ3v) is 3.96. The molecule has 0 bridgehead atoms. The molecule has 1 spiro atoms. The zero-order chi connectivity index (χ0) is 11.3. The van der Waals surface area contributed by atoms with Crippen LogP contribution in [0.3, 0.4) is 0 Å². The molecule has 0 radical (unpaired) electrons. The molecular weight excluding hydrogens is 205 g/mol. The van der Waals surface area contributed by atoms with Crippen LogP contribution in [0.1, 0.15) is 31.7 Å². The molecule has 0 N–H and O–H groups in total. The summed E-state index contributed by atoms with van der Waals surface area (Å²) >= 11 is 0. The molecule has 1 aliphatic carbocycles. The summed E-state index contributed by atoms with van der Waals surface area (Å²) in [7, 11) is 0. The van der Waals surface area contributed by atoms with Gasteiger partial charge in [0.15, 0.2) is 0 Å². The first kappa shape index (κ1) is 9.82. The summed E-state index contributed by atoms with van der Waals surface area (Å²) in [6.07, 6.45) is 3.15. The van der Waals surface area contributed by atoms with Crippen molar-refractivity contribution in [3.8, 4) is 0 Å². The van der Waals surface area contributed by atoms with E-state index in [0.29, 0.717) is 6.54 Å². The number of nitrogens with zero attached hydrogens (tertiary/aromatic N) is 1. The van der Waals surface area contributed by atoms with E-state index in [0.717, 1.165) is 30.5 Å². The molecule has 1 aromatic carbocycles. The van der Waals surface area contributed by atoms with Gasteiger partial charge in [-0.05, 0) is 25.0 Å². The number of amides is 1. The van der Waals surface area contributed by atoms with E-state index in [1.807, 2.05) is 6.07 Å². The number of carbonyl (C=O) groups is 1. The fourth-order valence-electron chi connectivity index (χ4n) is 3.02. The van der Waals surface area contributed by atoms with E-state index < -0.39 is 0 Å². The van der Waals surface area contributed by atoms with Gasteiger partial charge < -0.3 is 4.90 Å². The largest absolute Gasteiger partial charge is 0.311 e. The van der Waals surface area contributed by atoms with Crippen LogP contribution in [-0.2, 0) is 10.2 Å². The first-order valence-corrected chi connectivity index (χ1v) is 5.71. The van der Waals surface area contributed by atoms with Gasteiger partial charge in [0.05, 0.1) is 5.69 Å². The molecule has 1 aromatic rings. The summed E-state index contributed by atoms with van der Waals surface area (Å²) < 4.78 is 13.9. The minimum Gasteiger partial charge on any atom is -0.311 e. The molecule has 16 heavy (non-hydrogen) atoms. The van der Waals surface area contributed by atoms with Crippen LogP contribution in [0, 0.1) is 5.82 Å². The molecule has 1 heterocycles. The van der Waals surface area contributed by atoms with Gasteiger partial charge in [0.25, 0.3) is 0 Å². The highest BCUT2D eigenvalue weighted by Gasteiger charge is 2.49. The lowest BCUT2D eigenvalue weighted by molar-refractivity contribution is -0.116. The molecule has 1 aliphatic heterocycles. The molecule has 1 amide bonds. The maximum atomic E-state index is 13.9. The van der Waals surface area contributed by atoms with Gasteiger partial charge in [-0.3, -0.25) is 4.79 Å². The number of fused-ring (bicyclic) bond motifs is 2. The van der Waals surface area contributed by atoms with E-state index in [-0.39, 0.29) is 17.1 Å². The minimum atomic E-state index is -0.152. The van der Waals surface area contributed by atoms with Crippen LogP contribution in [0.15, 0.2) is 18.2 Å². The minimum absolute atomic E-state index is 0.00984. The van der Waals surface area contributed by atoms with Crippen molar-refractivity contribution in [3.63, 3.8) is 0 Å². The lowest BCUT2D eigenvalue weighted by Gasteiger charge is -2.38. The first-order valence-electron chi connectivity index (χ1n) is 5.71. The Balaban J connectivity index is 2.18. The van der Waals surface area contributed by atoms with Crippen LogP contribution in [0.2, 0.25) is 0 Å². The van der Waals surface area contributed by atoms with E-state index >= 15 is 0 Å². The van der Waals surface area contributed by atoms with Crippen molar-refractivity contribution in [3.05, 3.63) is 29.6 Å². The van der Waals surface area contributed by atoms with Gasteiger partial charge in [0, 0.05) is 24.4 Å². The fourth-order valence-corrected chi connectivity index (χ4v) is 3.02. The van der Waals surface area contributed by atoms with Gasteiger partial charge in [0.2, 0.25) is 5.91 Å². The van der Waals surface area contributed by atoms with Crippen LogP contribution in [0.4, 0.5) is 10.1 Å². The maximum absolute atomic E-state index is 13.9. The summed E-state index contributed by atoms with van der Waals surface area (Å²) in [5.41, 5.74) is 1.48. The van der Waals surface area contributed by atoms with E-state index in [1.54, 1.807) is 17.9 Å². The highest BCUT2D eigenvalue weighted by atomic mass is 19.1. The van der Waals surface area contributed by atoms with Crippen molar-refractivity contribution >= 4 is 11.6 Å². The number of rotatable bonds is 0. The Morgan fingerprint density at radius 1 is 1.44 bits per heavy atom. The Morgan fingerprint density at radius 2 is 2.19 bits per heavy atom. The first-order chi connectivity index (χ1) is 7.64. The average molecular weight is 219 g/mol. The number of benzene rings is 1. The molecule has 2 aliphatic rings. The van der Waals surface area contributed by atoms with Crippen molar-refractivity contribution in [2.24, 2.45) is 0 Å². The fraction of sp³-hybridized carbons (Fsp3) is 0.462. The van der Waals surface area contributed by atoms with Gasteiger partial charge in [-0.1, -0.05) is 12.5 Å². The van der Waals surface area contributed by atoms with Crippen molar-refractivity contribution in [1.29, 1.82) is 0 Å². The number of hydrogen-bond acceptors (Lipinski definition) is 1. The van der Waals surface area contributed by atoms with Gasteiger partial charge in [-0.25, -0.2) is 4.39 Å². The summed E-state index contributed by atoms with van der Waals surface area (Å²) in [6, 6.07) is 5.04. The van der Waals surface area contributed by atoms with E-state index in [2.05, 4.69) is 0 Å². The van der Waals surface area contributed by atoms with E-state index in [9.17, 15) is 9.18 Å². The Kier molecular flexibility index (Phi) is 1.88. The molecule has 3 heteroatoms. The number of hydrogen-bond donors (Lipinski definition) is 0. The van der Waals surface area contributed by atoms with Crippen LogP contribution >= 0.6 is 0 Å². The highest BCUT2D eigenvalue weighted by molar-refractivity contribution is 5.94. The molecule has 3 rings (SSSR count). The topological polar surface area (TPSA) is 20.3 Å². The third kappa shape index (κ3) is 1.09. The van der Waals surface area contributed by atoms with Gasteiger partial charge in [-0.15, -0.1) is 0 Å². The lowest BCUT2D eigenvalue weighted by Crippen LogP contribution is -2.41. The summed E-state index contributed by atoms with van der Waals surface area (Å²) in [5, 5.41) is 0. The number of halogens is 1. The van der Waals surface area contributed by atoms with Crippen molar-refractivity contribution in [2.75, 3.05) is 11.4 Å². The van der Waals surface area contributed by atoms with E-state index in [4.69, 9.17) is 0 Å². The summed E-state index contributed by atoms with van der Waals surface area (Å²) in [6.45, 7) is 2.21. The number of carbonyl (C=O) groups excluding carboxylic acids is 1. The second kappa shape index (κ2) is 3.06. The Hall–Kier alpha value is -1.38. The molecule has 1 saturated carbocycles. The molecule has 0 atom stereocenters. The average Bonchev–Trinajstić information content (AvgIpc) is 2.54. The van der Waals surface area contributed by atoms with Gasteiger partial charge in [-0.2, -0.15) is 0 Å². The predicted molar refractivity (Wildman–Crippen MR) is 60.0 cm³/mol. The zero-order valence-electron chi connectivity index (χ0n) is 9.29. The highest BCUT2D eigenvalue weighted by Crippen LogP contribution is 2.53. The molecule has 0 aromatic heterocycles. The third-order valence-electron chi connectivity index (χ3n) is 3.96. The second-order valence-corrected chi connectivity index (χ2v) is 4.87. The van der Waals surface area contributed by atoms with Gasteiger partial charge in [0.1, 0.15) is 5.82 Å². The Labute approximate surface area is 94.1 Å². The van der Waals surface area contributed by atoms with Crippen molar-refractivity contribution in [1.82, 2.24) is 0 Å². The van der Waals surface area contributed by atoms with Gasteiger partial charge >= 0.3 is 0 Å². The molecule has 2 nitrogen and oxygen atoms in total. The van der Waals surface area contributed by atoms with E-state index in [1.165, 1.54) is 6.07 Å². The number of anilines is 1. The SMILES string of the molecule is CC(=O)N1CC2(CCC2)c2c(F)cccc21. The van der Waals surface area contributed by atoms with Crippen LogP contribution in [0.5, 0.6) is 0 Å². The van der Waals surface area contributed by atoms with Crippen LogP contribution in [-0.4, -0.2) is 12.5 Å². The molecule has 0 unspecified atom stereocenters. The van der Waals surface area contributed by atoms with Crippen molar-refractivity contribution in [2.45, 2.75) is 31.6 Å². The predicted octanol–water partition coefficient (Wildman–Crippen LogP) is 2.61. The molecule has 0 saturated heterocycles. The summed E-state index contributed by atoms with van der Waals surface area (Å²) in [5.74, 6) is -0.142. The lowest BCUT2D eigenvalue weighted by atomic mass is 9.65. The standard InChI is InChI=1S/C13H14FNO/c1-9(16)15-8-13(6-3-7-13)12-10(14)4-2-5-11(12)15/h2,4-5H,3,6-8H2,1H3. The van der Waals surface area contributed by atoms with Crippen molar-refractivity contribution < 1.29 is 9.18 Å². The van der Waals surface area contributed by atoms with Crippen LogP contribution < -0.4 is 4.90 Å². The normalized spacial score (nSPS) is 20.8. The smallest absolute Gasteiger partial charge is 0.223 e. The molecule has 84 valence electrons. The van der Waals surface area contributed by atoms with Crippen LogP contribution in [0.25, 0.3) is 0 Å². The second-order valence-electron chi connectivity index (χ2n) is 4.87. The quantitative estimate of drug-likeness (QED) is 0.656.